The molecule has 0 heterocycles. The first-order valence-corrected chi connectivity index (χ1v) is 6.30. The normalized spacial score (nSPS) is 10.5. The van der Waals surface area contributed by atoms with Gasteiger partial charge in [0.2, 0.25) is 0 Å². The van der Waals surface area contributed by atoms with Crippen LogP contribution in [0.2, 0.25) is 0 Å². The Bertz CT molecular complexity index is 505. The third-order valence-electron chi connectivity index (χ3n) is 2.55. The van der Waals surface area contributed by atoms with Gasteiger partial charge in [-0.2, -0.15) is 0 Å². The molecule has 0 atom stereocenters. The van der Waals surface area contributed by atoms with E-state index in [0.29, 0.717) is 12.4 Å². The average molecular weight is 278 g/mol. The number of benzene rings is 1. The van der Waals surface area contributed by atoms with Gasteiger partial charge in [-0.05, 0) is 30.7 Å². The standard InChI is InChI=1S/C15H18O5/c1-3-20-15(18)9-7-12(16)6-4-11-5-8-13(17)14(10-11)19-2/h4-6,8,10,17H,3,7,9H2,1-2H3/b6-4+. The zero-order valence-electron chi connectivity index (χ0n) is 11.6. The van der Waals surface area contributed by atoms with Crippen LogP contribution in [0.15, 0.2) is 24.3 Å². The van der Waals surface area contributed by atoms with Gasteiger partial charge in [0, 0.05) is 6.42 Å². The van der Waals surface area contributed by atoms with E-state index < -0.39 is 0 Å². The first-order valence-electron chi connectivity index (χ1n) is 6.30. The summed E-state index contributed by atoms with van der Waals surface area (Å²) in [5, 5.41) is 9.44. The zero-order chi connectivity index (χ0) is 15.0. The van der Waals surface area contributed by atoms with Gasteiger partial charge in [0.05, 0.1) is 20.1 Å². The number of aromatic hydroxyl groups is 1. The summed E-state index contributed by atoms with van der Waals surface area (Å²) < 4.78 is 9.71. The van der Waals surface area contributed by atoms with E-state index in [2.05, 4.69) is 0 Å². The maximum Gasteiger partial charge on any atom is 0.306 e. The number of phenolic OH excluding ortho intramolecular Hbond substituents is 1. The second kappa shape index (κ2) is 7.99. The molecule has 0 radical (unpaired) electrons. The van der Waals surface area contributed by atoms with Gasteiger partial charge in [-0.3, -0.25) is 9.59 Å². The van der Waals surface area contributed by atoms with Crippen LogP contribution in [-0.2, 0) is 14.3 Å². The molecule has 0 amide bonds. The Morgan fingerprint density at radius 2 is 2.05 bits per heavy atom. The molecule has 1 rings (SSSR count). The van der Waals surface area contributed by atoms with Gasteiger partial charge in [0.15, 0.2) is 17.3 Å². The molecule has 1 aromatic carbocycles. The molecule has 1 N–H and O–H groups in total. The molecule has 0 saturated heterocycles. The molecule has 0 aromatic heterocycles. The predicted octanol–water partition coefficient (Wildman–Crippen LogP) is 2.33. The van der Waals surface area contributed by atoms with E-state index in [1.165, 1.54) is 19.3 Å². The number of allylic oxidation sites excluding steroid dienone is 1. The summed E-state index contributed by atoms with van der Waals surface area (Å²) >= 11 is 0. The Labute approximate surface area is 117 Å². The molecular weight excluding hydrogens is 260 g/mol. The van der Waals surface area contributed by atoms with Gasteiger partial charge >= 0.3 is 5.97 Å². The number of hydrogen-bond acceptors (Lipinski definition) is 5. The molecular formula is C15H18O5. The van der Waals surface area contributed by atoms with E-state index in [9.17, 15) is 14.7 Å². The van der Waals surface area contributed by atoms with Crippen LogP contribution in [0.25, 0.3) is 6.08 Å². The number of esters is 1. The van der Waals surface area contributed by atoms with Gasteiger partial charge in [0.25, 0.3) is 0 Å². The summed E-state index contributed by atoms with van der Waals surface area (Å²) in [7, 11) is 1.45. The van der Waals surface area contributed by atoms with E-state index in [4.69, 9.17) is 9.47 Å². The molecule has 108 valence electrons. The summed E-state index contributed by atoms with van der Waals surface area (Å²) in [5.74, 6) is -0.157. The topological polar surface area (TPSA) is 72.8 Å². The first-order chi connectivity index (χ1) is 9.56. The molecule has 5 nitrogen and oxygen atoms in total. The Kier molecular flexibility index (Phi) is 6.29. The van der Waals surface area contributed by atoms with Gasteiger partial charge in [-0.1, -0.05) is 12.1 Å². The second-order valence-corrected chi connectivity index (χ2v) is 4.04. The first kappa shape index (κ1) is 15.8. The summed E-state index contributed by atoms with van der Waals surface area (Å²) in [6, 6.07) is 4.76. The van der Waals surface area contributed by atoms with E-state index in [1.807, 2.05) is 0 Å². The molecule has 20 heavy (non-hydrogen) atoms. The molecule has 0 aliphatic heterocycles. The highest BCUT2D eigenvalue weighted by Crippen LogP contribution is 2.26. The number of ether oxygens (including phenoxy) is 2. The van der Waals surface area contributed by atoms with Crippen LogP contribution in [0, 0.1) is 0 Å². The third-order valence-corrected chi connectivity index (χ3v) is 2.55. The Hall–Kier alpha value is -2.30. The summed E-state index contributed by atoms with van der Waals surface area (Å²) in [4.78, 5) is 22.7. The Morgan fingerprint density at radius 3 is 2.70 bits per heavy atom. The molecule has 0 unspecified atom stereocenters. The minimum absolute atomic E-state index is 0.0401. The number of phenols is 1. The largest absolute Gasteiger partial charge is 0.504 e. The molecule has 0 aliphatic carbocycles. The number of rotatable bonds is 7. The van der Waals surface area contributed by atoms with Gasteiger partial charge in [-0.25, -0.2) is 0 Å². The summed E-state index contributed by atoms with van der Waals surface area (Å²) in [5.41, 5.74) is 0.726. The van der Waals surface area contributed by atoms with Crippen LogP contribution in [0.1, 0.15) is 25.3 Å². The maximum absolute atomic E-state index is 11.6. The minimum Gasteiger partial charge on any atom is -0.504 e. The van der Waals surface area contributed by atoms with Gasteiger partial charge in [-0.15, -0.1) is 0 Å². The lowest BCUT2D eigenvalue weighted by Crippen LogP contribution is -2.06. The third kappa shape index (κ3) is 5.14. The molecule has 0 saturated carbocycles. The molecule has 1 aromatic rings. The maximum atomic E-state index is 11.6. The monoisotopic (exact) mass is 278 g/mol. The molecule has 0 bridgehead atoms. The number of carbonyl (C=O) groups is 2. The van der Waals surface area contributed by atoms with Crippen LogP contribution in [0.5, 0.6) is 11.5 Å². The smallest absolute Gasteiger partial charge is 0.306 e. The van der Waals surface area contributed by atoms with Crippen LogP contribution < -0.4 is 4.74 Å². The van der Waals surface area contributed by atoms with E-state index in [0.717, 1.165) is 5.56 Å². The van der Waals surface area contributed by atoms with Crippen molar-refractivity contribution in [3.8, 4) is 11.5 Å². The SMILES string of the molecule is CCOC(=O)CCC(=O)/C=C/c1ccc(O)c(OC)c1. The number of ketones is 1. The highest BCUT2D eigenvalue weighted by Gasteiger charge is 2.05. The van der Waals surface area contributed by atoms with E-state index in [1.54, 1.807) is 25.1 Å². The number of carbonyl (C=O) groups excluding carboxylic acids is 2. The van der Waals surface area contributed by atoms with Crippen molar-refractivity contribution in [2.75, 3.05) is 13.7 Å². The van der Waals surface area contributed by atoms with Crippen molar-refractivity contribution in [2.45, 2.75) is 19.8 Å². The fraction of sp³-hybridized carbons (Fsp3) is 0.333. The molecule has 0 spiro atoms. The molecule has 0 fully saturated rings. The lowest BCUT2D eigenvalue weighted by atomic mass is 10.1. The fourth-order valence-electron chi connectivity index (χ4n) is 1.53. The minimum atomic E-state index is -0.374. The van der Waals surface area contributed by atoms with Crippen LogP contribution >= 0.6 is 0 Å². The second-order valence-electron chi connectivity index (χ2n) is 4.04. The molecule has 5 heteroatoms. The van der Waals surface area contributed by atoms with Crippen molar-refractivity contribution in [2.24, 2.45) is 0 Å². The van der Waals surface area contributed by atoms with Crippen LogP contribution in [-0.4, -0.2) is 30.6 Å². The Morgan fingerprint density at radius 1 is 1.30 bits per heavy atom. The van der Waals surface area contributed by atoms with Crippen molar-refractivity contribution in [3.63, 3.8) is 0 Å². The predicted molar refractivity (Wildman–Crippen MR) is 74.6 cm³/mol. The van der Waals surface area contributed by atoms with Crippen molar-refractivity contribution in [1.82, 2.24) is 0 Å². The van der Waals surface area contributed by atoms with Gasteiger partial charge < -0.3 is 14.6 Å². The number of methoxy groups -OCH3 is 1. The average Bonchev–Trinajstić information content (AvgIpc) is 2.44. The fourth-order valence-corrected chi connectivity index (χ4v) is 1.53. The zero-order valence-corrected chi connectivity index (χ0v) is 11.6. The van der Waals surface area contributed by atoms with E-state index in [-0.39, 0.29) is 30.3 Å². The van der Waals surface area contributed by atoms with E-state index >= 15 is 0 Å². The summed E-state index contributed by atoms with van der Waals surface area (Å²) in [6.45, 7) is 2.04. The van der Waals surface area contributed by atoms with Crippen LogP contribution in [0.4, 0.5) is 0 Å². The molecule has 0 aliphatic rings. The lowest BCUT2D eigenvalue weighted by molar-refractivity contribution is -0.144. The van der Waals surface area contributed by atoms with Crippen molar-refractivity contribution in [3.05, 3.63) is 29.8 Å². The highest BCUT2D eigenvalue weighted by molar-refractivity contribution is 5.95. The highest BCUT2D eigenvalue weighted by atomic mass is 16.5. The van der Waals surface area contributed by atoms with Crippen molar-refractivity contribution < 1.29 is 24.2 Å². The Balaban J connectivity index is 2.55. The van der Waals surface area contributed by atoms with Crippen LogP contribution in [0.3, 0.4) is 0 Å². The summed E-state index contributed by atoms with van der Waals surface area (Å²) in [6.07, 6.45) is 3.20. The lowest BCUT2D eigenvalue weighted by Gasteiger charge is -2.03. The van der Waals surface area contributed by atoms with Crippen molar-refractivity contribution in [1.29, 1.82) is 0 Å². The number of hydrogen-bond donors (Lipinski definition) is 1. The van der Waals surface area contributed by atoms with Gasteiger partial charge in [0.1, 0.15) is 0 Å². The quantitative estimate of drug-likeness (QED) is 0.612. The van der Waals surface area contributed by atoms with Crippen molar-refractivity contribution >= 4 is 17.8 Å².